The Bertz CT molecular complexity index is 1210. The lowest BCUT2D eigenvalue weighted by Crippen LogP contribution is -2.23. The van der Waals surface area contributed by atoms with Crippen molar-refractivity contribution in [2.24, 2.45) is 0 Å². The molecule has 1 aliphatic carbocycles. The molecule has 1 aromatic carbocycles. The third-order valence-electron chi connectivity index (χ3n) is 5.59. The van der Waals surface area contributed by atoms with Gasteiger partial charge in [0.2, 0.25) is 0 Å². The lowest BCUT2D eigenvalue weighted by Gasteiger charge is -2.27. The van der Waals surface area contributed by atoms with E-state index in [1.807, 2.05) is 36.9 Å². The lowest BCUT2D eigenvalue weighted by atomic mass is 9.88. The maximum Gasteiger partial charge on any atom is 0.276 e. The van der Waals surface area contributed by atoms with Gasteiger partial charge in [0.15, 0.2) is 10.8 Å². The predicted octanol–water partition coefficient (Wildman–Crippen LogP) is 5.39. The van der Waals surface area contributed by atoms with Crippen LogP contribution in [0.2, 0.25) is 0 Å². The highest BCUT2D eigenvalue weighted by Gasteiger charge is 2.26. The average Bonchev–Trinajstić information content (AvgIpc) is 3.49. The molecule has 0 saturated heterocycles. The van der Waals surface area contributed by atoms with Crippen LogP contribution in [0.1, 0.15) is 50.9 Å². The van der Waals surface area contributed by atoms with Crippen molar-refractivity contribution in [3.05, 3.63) is 76.1 Å². The number of carbonyl (C=O) groups excluding carboxylic acids is 1. The van der Waals surface area contributed by atoms with Crippen LogP contribution >= 0.6 is 11.3 Å². The maximum absolute atomic E-state index is 13.1. The Hall–Kier alpha value is -3.19. The van der Waals surface area contributed by atoms with Gasteiger partial charge in [-0.1, -0.05) is 24.3 Å². The molecule has 1 atom stereocenters. The first-order valence-electron chi connectivity index (χ1n) is 10.1. The molecular formula is C23H22N4O2S. The lowest BCUT2D eigenvalue weighted by molar-refractivity contribution is 0.102. The van der Waals surface area contributed by atoms with Crippen LogP contribution in [0.15, 0.2) is 53.3 Å². The zero-order chi connectivity index (χ0) is 20.7. The number of amides is 1. The Balaban J connectivity index is 1.46. The topological polar surface area (TPSA) is 73.0 Å². The molecule has 1 amide bonds. The molecule has 6 nitrogen and oxygen atoms in total. The van der Waals surface area contributed by atoms with Crippen molar-refractivity contribution in [1.29, 1.82) is 0 Å². The van der Waals surface area contributed by atoms with Crippen molar-refractivity contribution in [3.8, 4) is 10.8 Å². The second-order valence-corrected chi connectivity index (χ2v) is 8.79. The molecule has 0 bridgehead atoms. The number of anilines is 1. The minimum absolute atomic E-state index is 0.120. The number of aryl methyl sites for hydroxylation is 3. The smallest absolute Gasteiger partial charge is 0.276 e. The minimum Gasteiger partial charge on any atom is -0.462 e. The van der Waals surface area contributed by atoms with E-state index in [-0.39, 0.29) is 11.9 Å². The van der Waals surface area contributed by atoms with Crippen LogP contribution < -0.4 is 5.32 Å². The normalized spacial score (nSPS) is 15.7. The Morgan fingerprint density at radius 1 is 1.23 bits per heavy atom. The van der Waals surface area contributed by atoms with E-state index in [4.69, 9.17) is 4.42 Å². The molecule has 0 radical (unpaired) electrons. The number of carbonyl (C=O) groups is 1. The Kier molecular flexibility index (Phi) is 4.75. The van der Waals surface area contributed by atoms with Gasteiger partial charge in [0, 0.05) is 10.4 Å². The molecule has 30 heavy (non-hydrogen) atoms. The standard InChI is InChI=1S/C23H22N4O2S/c1-14-13-24-27(18-10-5-8-16-7-3-4-9-17(16)18)21(14)26-22(28)20-15(2)30-23(25-20)19-11-6-12-29-19/h3-4,6-7,9,11-13,18H,5,8,10H2,1-2H3,(H,26,28). The van der Waals surface area contributed by atoms with Crippen molar-refractivity contribution >= 4 is 23.1 Å². The number of furan rings is 1. The van der Waals surface area contributed by atoms with Gasteiger partial charge in [0.05, 0.1) is 18.5 Å². The van der Waals surface area contributed by atoms with Crippen LogP contribution in [-0.4, -0.2) is 20.7 Å². The van der Waals surface area contributed by atoms with Gasteiger partial charge in [-0.2, -0.15) is 5.10 Å². The van der Waals surface area contributed by atoms with Crippen molar-refractivity contribution in [3.63, 3.8) is 0 Å². The highest BCUT2D eigenvalue weighted by molar-refractivity contribution is 7.15. The second-order valence-electron chi connectivity index (χ2n) is 7.58. The fraction of sp³-hybridized carbons (Fsp3) is 0.261. The molecule has 3 heterocycles. The second kappa shape index (κ2) is 7.57. The summed E-state index contributed by atoms with van der Waals surface area (Å²) in [6.07, 6.45) is 6.61. The molecule has 5 rings (SSSR count). The first-order valence-corrected chi connectivity index (χ1v) is 10.9. The zero-order valence-electron chi connectivity index (χ0n) is 16.9. The molecule has 4 aromatic rings. The number of hydrogen-bond donors (Lipinski definition) is 1. The summed E-state index contributed by atoms with van der Waals surface area (Å²) in [4.78, 5) is 18.5. The van der Waals surface area contributed by atoms with Gasteiger partial charge < -0.3 is 9.73 Å². The number of thiazole rings is 1. The number of benzene rings is 1. The van der Waals surface area contributed by atoms with Crippen LogP contribution in [-0.2, 0) is 6.42 Å². The van der Waals surface area contributed by atoms with Gasteiger partial charge in [0.1, 0.15) is 11.5 Å². The monoisotopic (exact) mass is 418 g/mol. The van der Waals surface area contributed by atoms with E-state index in [9.17, 15) is 4.79 Å². The molecular weight excluding hydrogens is 396 g/mol. The summed E-state index contributed by atoms with van der Waals surface area (Å²) in [5.41, 5.74) is 4.00. The van der Waals surface area contributed by atoms with Crippen LogP contribution in [0.3, 0.4) is 0 Å². The predicted molar refractivity (Wildman–Crippen MR) is 117 cm³/mol. The summed E-state index contributed by atoms with van der Waals surface area (Å²) in [5.74, 6) is 1.17. The van der Waals surface area contributed by atoms with Gasteiger partial charge in [-0.05, 0) is 56.4 Å². The molecule has 1 unspecified atom stereocenters. The van der Waals surface area contributed by atoms with E-state index in [0.29, 0.717) is 16.5 Å². The highest BCUT2D eigenvalue weighted by Crippen LogP contribution is 2.35. The number of nitrogens with one attached hydrogen (secondary N) is 1. The quantitative estimate of drug-likeness (QED) is 0.482. The van der Waals surface area contributed by atoms with Gasteiger partial charge in [-0.15, -0.1) is 11.3 Å². The highest BCUT2D eigenvalue weighted by atomic mass is 32.1. The average molecular weight is 419 g/mol. The van der Waals surface area contributed by atoms with Crippen molar-refractivity contribution in [2.45, 2.75) is 39.2 Å². The maximum atomic E-state index is 13.1. The number of rotatable bonds is 4. The number of fused-ring (bicyclic) bond motifs is 1. The molecule has 0 saturated carbocycles. The molecule has 7 heteroatoms. The molecule has 0 spiro atoms. The fourth-order valence-corrected chi connectivity index (χ4v) is 4.98. The molecule has 0 fully saturated rings. The minimum atomic E-state index is -0.226. The van der Waals surface area contributed by atoms with E-state index in [1.165, 1.54) is 22.5 Å². The van der Waals surface area contributed by atoms with Gasteiger partial charge in [-0.3, -0.25) is 4.79 Å². The summed E-state index contributed by atoms with van der Waals surface area (Å²) in [6.45, 7) is 3.87. The molecule has 0 aliphatic heterocycles. The largest absolute Gasteiger partial charge is 0.462 e. The Labute approximate surface area is 178 Å². The van der Waals surface area contributed by atoms with Crippen LogP contribution in [0.25, 0.3) is 10.8 Å². The zero-order valence-corrected chi connectivity index (χ0v) is 17.7. The third-order valence-corrected chi connectivity index (χ3v) is 6.57. The van der Waals surface area contributed by atoms with Gasteiger partial charge in [-0.25, -0.2) is 9.67 Å². The molecule has 1 N–H and O–H groups in total. The van der Waals surface area contributed by atoms with Crippen molar-refractivity contribution in [1.82, 2.24) is 14.8 Å². The van der Waals surface area contributed by atoms with Gasteiger partial charge >= 0.3 is 0 Å². The Morgan fingerprint density at radius 2 is 2.10 bits per heavy atom. The summed E-state index contributed by atoms with van der Waals surface area (Å²) < 4.78 is 7.39. The van der Waals surface area contributed by atoms with E-state index >= 15 is 0 Å². The van der Waals surface area contributed by atoms with E-state index in [0.717, 1.165) is 35.5 Å². The van der Waals surface area contributed by atoms with Crippen molar-refractivity contribution < 1.29 is 9.21 Å². The summed E-state index contributed by atoms with van der Waals surface area (Å²) in [5, 5.41) is 8.40. The first kappa shape index (κ1) is 18.8. The van der Waals surface area contributed by atoms with E-state index in [1.54, 1.807) is 6.26 Å². The Morgan fingerprint density at radius 3 is 2.93 bits per heavy atom. The van der Waals surface area contributed by atoms with Crippen LogP contribution in [0.5, 0.6) is 0 Å². The number of aromatic nitrogens is 3. The van der Waals surface area contributed by atoms with E-state index < -0.39 is 0 Å². The summed E-state index contributed by atoms with van der Waals surface area (Å²) in [7, 11) is 0. The van der Waals surface area contributed by atoms with E-state index in [2.05, 4.69) is 39.7 Å². The first-order chi connectivity index (χ1) is 14.6. The van der Waals surface area contributed by atoms with Crippen LogP contribution in [0, 0.1) is 13.8 Å². The summed E-state index contributed by atoms with van der Waals surface area (Å²) >= 11 is 1.45. The fourth-order valence-electron chi connectivity index (χ4n) is 4.10. The molecule has 152 valence electrons. The van der Waals surface area contributed by atoms with Crippen LogP contribution in [0.4, 0.5) is 5.82 Å². The van der Waals surface area contributed by atoms with Crippen molar-refractivity contribution in [2.75, 3.05) is 5.32 Å². The number of hydrogen-bond acceptors (Lipinski definition) is 5. The SMILES string of the molecule is Cc1cnn(C2CCCc3ccccc32)c1NC(=O)c1nc(-c2ccco2)sc1C. The van der Waals surface area contributed by atoms with Gasteiger partial charge in [0.25, 0.3) is 5.91 Å². The molecule has 3 aromatic heterocycles. The summed E-state index contributed by atoms with van der Waals surface area (Å²) in [6, 6.07) is 12.3. The molecule has 1 aliphatic rings. The third kappa shape index (κ3) is 3.25. The number of nitrogens with zero attached hydrogens (tertiary/aromatic N) is 3.